The highest BCUT2D eigenvalue weighted by molar-refractivity contribution is 6.10. The van der Waals surface area contributed by atoms with Crippen molar-refractivity contribution in [3.05, 3.63) is 118 Å². The molecule has 2 aliphatic carbocycles. The molecule has 3 heterocycles. The maximum atomic E-state index is 14.6. The summed E-state index contributed by atoms with van der Waals surface area (Å²) >= 11 is 0. The second-order valence-electron chi connectivity index (χ2n) is 16.7. The van der Waals surface area contributed by atoms with Crippen LogP contribution in [0, 0.1) is 5.92 Å². The number of ether oxygens (including phenoxy) is 5. The Morgan fingerprint density at radius 3 is 2.08 bits per heavy atom. The minimum absolute atomic E-state index is 0.320. The summed E-state index contributed by atoms with van der Waals surface area (Å²) in [7, 11) is 3.35. The maximum absolute atomic E-state index is 14.6. The van der Waals surface area contributed by atoms with Crippen molar-refractivity contribution >= 4 is 28.2 Å². The molecule has 10 heteroatoms. The van der Waals surface area contributed by atoms with Gasteiger partial charge in [-0.1, -0.05) is 56.2 Å². The van der Waals surface area contributed by atoms with Crippen molar-refractivity contribution in [3.8, 4) is 28.4 Å². The lowest BCUT2D eigenvalue weighted by molar-refractivity contribution is -0.137. The van der Waals surface area contributed by atoms with Crippen LogP contribution < -0.4 is 24.0 Å². The van der Waals surface area contributed by atoms with Crippen molar-refractivity contribution in [3.63, 3.8) is 0 Å². The minimum atomic E-state index is -4.47. The van der Waals surface area contributed by atoms with Gasteiger partial charge in [0.2, 0.25) is 0 Å². The van der Waals surface area contributed by atoms with Gasteiger partial charge in [-0.25, -0.2) is 0 Å². The number of alkyl halides is 3. The number of benzene rings is 5. The largest absolute Gasteiger partial charge is 0.497 e. The van der Waals surface area contributed by atoms with Crippen LogP contribution in [0.1, 0.15) is 66.0 Å². The van der Waals surface area contributed by atoms with E-state index < -0.39 is 22.8 Å². The number of methoxy groups -OCH3 is 2. The van der Waals surface area contributed by atoms with E-state index in [9.17, 15) is 13.2 Å². The Kier molecular flexibility index (Phi) is 9.36. The number of halogens is 3. The molecule has 0 radical (unpaired) electrons. The van der Waals surface area contributed by atoms with E-state index in [0.717, 1.165) is 106 Å². The summed E-state index contributed by atoms with van der Waals surface area (Å²) < 4.78 is 74.6. The van der Waals surface area contributed by atoms with Crippen molar-refractivity contribution in [2.45, 2.75) is 49.8 Å². The lowest BCUT2D eigenvalue weighted by Crippen LogP contribution is -2.37. The van der Waals surface area contributed by atoms with Gasteiger partial charge in [0.15, 0.2) is 5.60 Å². The van der Waals surface area contributed by atoms with Gasteiger partial charge >= 0.3 is 6.18 Å². The zero-order valence-corrected chi connectivity index (χ0v) is 33.8. The molecule has 59 heavy (non-hydrogen) atoms. The number of morpholine rings is 2. The third kappa shape index (κ3) is 6.16. The predicted molar refractivity (Wildman–Crippen MR) is 225 cm³/mol. The van der Waals surface area contributed by atoms with E-state index in [0.29, 0.717) is 56.9 Å². The summed E-state index contributed by atoms with van der Waals surface area (Å²) in [6, 6.07) is 25.3. The van der Waals surface area contributed by atoms with Gasteiger partial charge in [-0.05, 0) is 101 Å². The van der Waals surface area contributed by atoms with E-state index in [2.05, 4.69) is 77.4 Å². The van der Waals surface area contributed by atoms with Crippen LogP contribution in [0.5, 0.6) is 17.2 Å². The van der Waals surface area contributed by atoms with Gasteiger partial charge in [-0.2, -0.15) is 13.2 Å². The van der Waals surface area contributed by atoms with Crippen LogP contribution in [0.25, 0.3) is 28.0 Å². The molecule has 3 unspecified atom stereocenters. The molecule has 10 rings (SSSR count). The Morgan fingerprint density at radius 1 is 0.763 bits per heavy atom. The fourth-order valence-electron chi connectivity index (χ4n) is 10.7. The van der Waals surface area contributed by atoms with Crippen LogP contribution in [0.2, 0.25) is 0 Å². The molecular weight excluding hydrogens is 754 g/mol. The molecule has 0 amide bonds. The fraction of sp³-hybridized carbons (Fsp3) is 0.388. The van der Waals surface area contributed by atoms with Gasteiger partial charge in [-0.3, -0.25) is 0 Å². The van der Waals surface area contributed by atoms with E-state index in [1.54, 1.807) is 20.3 Å². The predicted octanol–water partition coefficient (Wildman–Crippen LogP) is 10.4. The number of fused-ring (bicyclic) bond motifs is 10. The van der Waals surface area contributed by atoms with Gasteiger partial charge in [0, 0.05) is 59.4 Å². The second-order valence-corrected chi connectivity index (χ2v) is 16.7. The second kappa shape index (κ2) is 14.5. The summed E-state index contributed by atoms with van der Waals surface area (Å²) in [6.07, 6.45) is 3.33. The number of nitrogens with zero attached hydrogens (tertiary/aromatic N) is 2. The Balaban J connectivity index is 1.25. The van der Waals surface area contributed by atoms with Gasteiger partial charge in [-0.15, -0.1) is 0 Å². The standard InChI is InChI=1S/C49H49F3N2O5/c1-31-5-4-17-47(30-31)41-27-34(49(50,51)52)10-15-37(41)44-39-28-42(54-21-25-58-26-22-54)43(56-3)29-40(39)46-38(45(44)47)16-18-48(59-46,33-8-13-36(55-2)14-9-33)32-6-11-35(12-7-32)53-19-23-57-24-20-53/h6-16,18,27-29,31H,4-5,17,19-26,30H2,1-3H3. The molecular formula is C49H49F3N2O5. The molecule has 7 nitrogen and oxygen atoms in total. The number of hydrogen-bond donors (Lipinski definition) is 0. The monoisotopic (exact) mass is 802 g/mol. The maximum Gasteiger partial charge on any atom is 0.416 e. The quantitative estimate of drug-likeness (QED) is 0.169. The first-order valence-corrected chi connectivity index (χ1v) is 20.9. The number of rotatable bonds is 6. The first-order valence-electron chi connectivity index (χ1n) is 20.9. The van der Waals surface area contributed by atoms with Gasteiger partial charge in [0.1, 0.15) is 17.2 Å². The average molecular weight is 803 g/mol. The molecule has 0 N–H and O–H groups in total. The zero-order valence-electron chi connectivity index (χ0n) is 33.8. The average Bonchev–Trinajstić information content (AvgIpc) is 3.54. The molecule has 5 aromatic carbocycles. The van der Waals surface area contributed by atoms with E-state index in [-0.39, 0.29) is 0 Å². The molecule has 3 atom stereocenters. The lowest BCUT2D eigenvalue weighted by atomic mass is 9.63. The molecule has 2 saturated heterocycles. The topological polar surface area (TPSA) is 52.6 Å². The van der Waals surface area contributed by atoms with E-state index in [1.807, 2.05) is 12.1 Å². The number of anilines is 2. The number of hydrogen-bond acceptors (Lipinski definition) is 7. The molecule has 0 aromatic heterocycles. The van der Waals surface area contributed by atoms with Gasteiger partial charge in [0.05, 0.1) is 51.9 Å². The summed E-state index contributed by atoms with van der Waals surface area (Å²) in [4.78, 5) is 4.62. The molecule has 5 aliphatic rings. The van der Waals surface area contributed by atoms with Crippen molar-refractivity contribution in [2.75, 3.05) is 76.6 Å². The molecule has 5 aromatic rings. The van der Waals surface area contributed by atoms with Crippen LogP contribution in [-0.2, 0) is 26.7 Å². The Hall–Kier alpha value is -5.19. The Morgan fingerprint density at radius 2 is 1.44 bits per heavy atom. The van der Waals surface area contributed by atoms with Crippen LogP contribution in [0.4, 0.5) is 24.5 Å². The molecule has 1 spiro atoms. The van der Waals surface area contributed by atoms with Crippen LogP contribution >= 0.6 is 0 Å². The van der Waals surface area contributed by atoms with Crippen LogP contribution in [-0.4, -0.2) is 66.8 Å². The highest BCUT2D eigenvalue weighted by Crippen LogP contribution is 2.64. The van der Waals surface area contributed by atoms with Gasteiger partial charge in [0.25, 0.3) is 0 Å². The van der Waals surface area contributed by atoms with Crippen LogP contribution in [0.15, 0.2) is 84.9 Å². The molecule has 306 valence electrons. The third-order valence-electron chi connectivity index (χ3n) is 13.5. The fourth-order valence-corrected chi connectivity index (χ4v) is 10.7. The summed E-state index contributed by atoms with van der Waals surface area (Å²) in [5.74, 6) is 2.46. The molecule has 1 saturated carbocycles. The third-order valence-corrected chi connectivity index (χ3v) is 13.5. The minimum Gasteiger partial charge on any atom is -0.497 e. The normalized spacial score (nSPS) is 23.8. The highest BCUT2D eigenvalue weighted by atomic mass is 19.4. The first-order chi connectivity index (χ1) is 28.6. The van der Waals surface area contributed by atoms with Crippen molar-refractivity contribution < 1.29 is 36.9 Å². The van der Waals surface area contributed by atoms with Crippen LogP contribution in [0.3, 0.4) is 0 Å². The summed E-state index contributed by atoms with van der Waals surface area (Å²) in [6.45, 7) is 7.85. The highest BCUT2D eigenvalue weighted by Gasteiger charge is 2.51. The van der Waals surface area contributed by atoms with Crippen molar-refractivity contribution in [2.24, 2.45) is 5.92 Å². The summed E-state index contributed by atoms with van der Waals surface area (Å²) in [5.41, 5.74) is 6.25. The SMILES string of the molecule is COc1ccc(C2(c3ccc(N4CCOCC4)cc3)C=Cc3c4c(c5cc(N6CCOCC6)c(OC)cc5c3O2)-c2ccc(C(F)(F)F)cc2C42CCCC(C)C2)cc1. The first kappa shape index (κ1) is 38.0. The zero-order chi connectivity index (χ0) is 40.5. The Labute approximate surface area is 343 Å². The molecule has 0 bridgehead atoms. The molecule has 3 fully saturated rings. The summed E-state index contributed by atoms with van der Waals surface area (Å²) in [5, 5.41) is 1.80. The van der Waals surface area contributed by atoms with E-state index in [4.69, 9.17) is 23.7 Å². The molecule has 3 aliphatic heterocycles. The van der Waals surface area contributed by atoms with Gasteiger partial charge < -0.3 is 33.5 Å². The lowest BCUT2D eigenvalue weighted by Gasteiger charge is -2.42. The van der Waals surface area contributed by atoms with Crippen molar-refractivity contribution in [1.82, 2.24) is 0 Å². The Bertz CT molecular complexity index is 2440. The van der Waals surface area contributed by atoms with E-state index in [1.165, 1.54) is 12.1 Å². The smallest absolute Gasteiger partial charge is 0.416 e. The van der Waals surface area contributed by atoms with E-state index >= 15 is 0 Å². The van der Waals surface area contributed by atoms with Crippen molar-refractivity contribution in [1.29, 1.82) is 0 Å².